The first-order valence-corrected chi connectivity index (χ1v) is 6.80. The summed E-state index contributed by atoms with van der Waals surface area (Å²) in [5.41, 5.74) is 0.511. The molecule has 0 fully saturated rings. The van der Waals surface area contributed by atoms with Crippen LogP contribution in [0.25, 0.3) is 0 Å². The van der Waals surface area contributed by atoms with Crippen LogP contribution in [0.2, 0.25) is 5.02 Å². The van der Waals surface area contributed by atoms with Crippen LogP contribution in [0.1, 0.15) is 17.3 Å². The molecule has 0 aliphatic rings. The van der Waals surface area contributed by atoms with Gasteiger partial charge in [0.05, 0.1) is 10.6 Å². The summed E-state index contributed by atoms with van der Waals surface area (Å²) in [5.74, 6) is -1.66. The van der Waals surface area contributed by atoms with Crippen LogP contribution in [0, 0.1) is 0 Å². The van der Waals surface area contributed by atoms with E-state index in [0.29, 0.717) is 5.69 Å². The number of carboxylic acids is 1. The minimum absolute atomic E-state index is 0.119. The molecule has 1 atom stereocenters. The van der Waals surface area contributed by atoms with Crippen LogP contribution in [0.4, 0.5) is 10.5 Å². The van der Waals surface area contributed by atoms with Crippen LogP contribution in [-0.2, 0) is 4.79 Å². The number of carboxylic acid groups (broad SMARTS) is 1. The van der Waals surface area contributed by atoms with Gasteiger partial charge in [-0.3, -0.25) is 4.79 Å². The van der Waals surface area contributed by atoms with Crippen molar-refractivity contribution >= 4 is 35.2 Å². The Hall–Kier alpha value is -2.28. The van der Waals surface area contributed by atoms with Gasteiger partial charge in [-0.2, -0.15) is 0 Å². The van der Waals surface area contributed by atoms with Crippen molar-refractivity contribution < 1.29 is 19.5 Å². The Morgan fingerprint density at radius 1 is 1.23 bits per heavy atom. The molecule has 22 heavy (non-hydrogen) atoms. The lowest BCUT2D eigenvalue weighted by Gasteiger charge is -2.22. The van der Waals surface area contributed by atoms with Gasteiger partial charge in [0.25, 0.3) is 5.91 Å². The van der Waals surface area contributed by atoms with Crippen molar-refractivity contribution in [1.82, 2.24) is 9.80 Å². The maximum atomic E-state index is 12.3. The monoisotopic (exact) mass is 327 g/mol. The molecule has 120 valence electrons. The molecule has 1 unspecified atom stereocenters. The number of nitrogens with zero attached hydrogens (tertiary/aromatic N) is 2. The summed E-state index contributed by atoms with van der Waals surface area (Å²) >= 11 is 6.00. The number of rotatable bonds is 4. The molecule has 0 bridgehead atoms. The van der Waals surface area contributed by atoms with E-state index in [0.717, 1.165) is 4.90 Å². The second-order valence-electron chi connectivity index (χ2n) is 4.95. The number of nitrogens with one attached hydrogen (secondary N) is 1. The smallest absolute Gasteiger partial charge is 0.326 e. The van der Waals surface area contributed by atoms with Gasteiger partial charge in [0.1, 0.15) is 6.04 Å². The zero-order valence-corrected chi connectivity index (χ0v) is 13.5. The minimum atomic E-state index is -1.12. The highest BCUT2D eigenvalue weighted by Crippen LogP contribution is 2.22. The lowest BCUT2D eigenvalue weighted by molar-refractivity contribution is -0.141. The molecule has 7 nitrogen and oxygen atoms in total. The van der Waals surface area contributed by atoms with E-state index >= 15 is 0 Å². The maximum absolute atomic E-state index is 12.3. The Kier molecular flexibility index (Phi) is 5.76. The number of hydrogen-bond acceptors (Lipinski definition) is 3. The third-order valence-corrected chi connectivity index (χ3v) is 3.44. The fourth-order valence-corrected chi connectivity index (χ4v) is 1.73. The lowest BCUT2D eigenvalue weighted by Crippen LogP contribution is -2.40. The van der Waals surface area contributed by atoms with Gasteiger partial charge in [-0.05, 0) is 25.1 Å². The van der Waals surface area contributed by atoms with Gasteiger partial charge in [-0.25, -0.2) is 9.59 Å². The van der Waals surface area contributed by atoms with Crippen molar-refractivity contribution in [3.8, 4) is 0 Å². The molecule has 8 heteroatoms. The molecule has 0 aliphatic carbocycles. The van der Waals surface area contributed by atoms with Gasteiger partial charge in [0, 0.05) is 26.8 Å². The predicted molar refractivity (Wildman–Crippen MR) is 83.3 cm³/mol. The van der Waals surface area contributed by atoms with Crippen LogP contribution < -0.4 is 5.32 Å². The number of likely N-dealkylation sites (N-methyl/N-ethyl adjacent to an activating group) is 1. The third-order valence-electron chi connectivity index (χ3n) is 3.11. The molecule has 1 aromatic rings. The van der Waals surface area contributed by atoms with Crippen molar-refractivity contribution in [3.05, 3.63) is 28.8 Å². The number of hydrogen-bond donors (Lipinski definition) is 2. The Bertz CT molecular complexity index is 604. The van der Waals surface area contributed by atoms with E-state index in [1.807, 2.05) is 0 Å². The number of amides is 3. The highest BCUT2D eigenvalue weighted by molar-refractivity contribution is 6.34. The SMILES string of the molecule is CC(C(=O)O)N(C)C(=O)c1cc(NC(=O)N(C)C)ccc1Cl. The van der Waals surface area contributed by atoms with Crippen LogP contribution >= 0.6 is 11.6 Å². The van der Waals surface area contributed by atoms with Crippen molar-refractivity contribution in [1.29, 1.82) is 0 Å². The van der Waals surface area contributed by atoms with Crippen molar-refractivity contribution in [2.24, 2.45) is 0 Å². The normalized spacial score (nSPS) is 11.5. The molecule has 0 aromatic heterocycles. The number of anilines is 1. The van der Waals surface area contributed by atoms with Gasteiger partial charge in [0.2, 0.25) is 0 Å². The standard InChI is InChI=1S/C14H18ClN3O4/c1-8(13(20)21)18(4)12(19)10-7-9(5-6-11(10)15)16-14(22)17(2)3/h5-8H,1-4H3,(H,16,22)(H,20,21). The van der Waals surface area contributed by atoms with E-state index in [1.54, 1.807) is 20.2 Å². The van der Waals surface area contributed by atoms with E-state index in [4.69, 9.17) is 16.7 Å². The van der Waals surface area contributed by atoms with Crippen LogP contribution in [0.5, 0.6) is 0 Å². The zero-order chi connectivity index (χ0) is 17.0. The number of benzene rings is 1. The zero-order valence-electron chi connectivity index (χ0n) is 12.8. The average Bonchev–Trinajstić information content (AvgIpc) is 2.46. The van der Waals surface area contributed by atoms with Gasteiger partial charge in [-0.15, -0.1) is 0 Å². The summed E-state index contributed by atoms with van der Waals surface area (Å²) in [7, 11) is 4.54. The van der Waals surface area contributed by atoms with Gasteiger partial charge in [-0.1, -0.05) is 11.6 Å². The van der Waals surface area contributed by atoms with E-state index in [9.17, 15) is 14.4 Å². The highest BCUT2D eigenvalue weighted by Gasteiger charge is 2.24. The van der Waals surface area contributed by atoms with E-state index in [2.05, 4.69) is 5.32 Å². The van der Waals surface area contributed by atoms with Crippen LogP contribution in [0.3, 0.4) is 0 Å². The summed E-state index contributed by atoms with van der Waals surface area (Å²) in [6.07, 6.45) is 0. The molecule has 0 aliphatic heterocycles. The average molecular weight is 328 g/mol. The summed E-state index contributed by atoms with van der Waals surface area (Å²) < 4.78 is 0. The van der Waals surface area contributed by atoms with Crippen molar-refractivity contribution in [2.75, 3.05) is 26.5 Å². The number of aliphatic carboxylic acids is 1. The predicted octanol–water partition coefficient (Wildman–Crippen LogP) is 1.98. The quantitative estimate of drug-likeness (QED) is 0.884. The van der Waals surface area contributed by atoms with E-state index < -0.39 is 17.9 Å². The molecular formula is C14H18ClN3O4. The molecule has 2 N–H and O–H groups in total. The number of urea groups is 1. The summed E-state index contributed by atoms with van der Waals surface area (Å²) in [4.78, 5) is 37.3. The molecule has 1 aromatic carbocycles. The topological polar surface area (TPSA) is 90.0 Å². The van der Waals surface area contributed by atoms with Crippen molar-refractivity contribution in [3.63, 3.8) is 0 Å². The van der Waals surface area contributed by atoms with Gasteiger partial charge >= 0.3 is 12.0 Å². The number of halogens is 1. The molecule has 0 spiro atoms. The molecule has 0 heterocycles. The maximum Gasteiger partial charge on any atom is 0.326 e. The molecule has 0 saturated carbocycles. The minimum Gasteiger partial charge on any atom is -0.480 e. The fourth-order valence-electron chi connectivity index (χ4n) is 1.53. The fraction of sp³-hybridized carbons (Fsp3) is 0.357. The van der Waals surface area contributed by atoms with Crippen molar-refractivity contribution in [2.45, 2.75) is 13.0 Å². The molecule has 3 amide bonds. The summed E-state index contributed by atoms with van der Waals surface area (Å²) in [5, 5.41) is 11.7. The Labute approximate surface area is 133 Å². The largest absolute Gasteiger partial charge is 0.480 e. The highest BCUT2D eigenvalue weighted by atomic mass is 35.5. The van der Waals surface area contributed by atoms with Crippen LogP contribution in [-0.4, -0.2) is 60.0 Å². The van der Waals surface area contributed by atoms with E-state index in [-0.39, 0.29) is 16.6 Å². The lowest BCUT2D eigenvalue weighted by atomic mass is 10.1. The van der Waals surface area contributed by atoms with E-state index in [1.165, 1.54) is 31.0 Å². The first-order valence-electron chi connectivity index (χ1n) is 6.43. The number of carbonyl (C=O) groups is 3. The molecule has 0 radical (unpaired) electrons. The first-order chi connectivity index (χ1) is 10.1. The first kappa shape index (κ1) is 17.8. The Morgan fingerprint density at radius 3 is 2.32 bits per heavy atom. The van der Waals surface area contributed by atoms with Crippen LogP contribution in [0.15, 0.2) is 18.2 Å². The summed E-state index contributed by atoms with van der Waals surface area (Å²) in [6, 6.07) is 3.09. The van der Waals surface area contributed by atoms with Gasteiger partial charge in [0.15, 0.2) is 0 Å². The number of carbonyl (C=O) groups excluding carboxylic acids is 2. The summed E-state index contributed by atoms with van der Waals surface area (Å²) in [6.45, 7) is 1.39. The van der Waals surface area contributed by atoms with Gasteiger partial charge < -0.3 is 20.2 Å². The Morgan fingerprint density at radius 2 is 1.82 bits per heavy atom. The Balaban J connectivity index is 3.06. The molecular weight excluding hydrogens is 310 g/mol. The molecule has 0 saturated heterocycles. The molecule has 1 rings (SSSR count). The second kappa shape index (κ2) is 7.13. The second-order valence-corrected chi connectivity index (χ2v) is 5.36. The third kappa shape index (κ3) is 4.11.